The van der Waals surface area contributed by atoms with Crippen LogP contribution in [-0.2, 0) is 11.3 Å². The Labute approximate surface area is 234 Å². The van der Waals surface area contributed by atoms with Crippen LogP contribution in [0.4, 0.5) is 10.3 Å². The van der Waals surface area contributed by atoms with Gasteiger partial charge in [-0.15, -0.1) is 0 Å². The minimum atomic E-state index is -0.229. The van der Waals surface area contributed by atoms with Gasteiger partial charge in [-0.3, -0.25) is 15.2 Å². The summed E-state index contributed by atoms with van der Waals surface area (Å²) in [6.07, 6.45) is 4.00. The molecule has 3 N–H and O–H groups in total. The number of ether oxygens (including phenoxy) is 1. The molecule has 0 amide bonds. The summed E-state index contributed by atoms with van der Waals surface area (Å²) >= 11 is 0. The highest BCUT2D eigenvalue weighted by atomic mass is 19.1. The number of nitriles is 1. The molecule has 0 aliphatic carbocycles. The fraction of sp³-hybridized carbons (Fsp3) is 0.483. The Hall–Kier alpha value is -3.72. The van der Waals surface area contributed by atoms with E-state index in [1.807, 2.05) is 36.5 Å². The molecule has 3 heterocycles. The topological polar surface area (TPSA) is 106 Å². The highest BCUT2D eigenvalue weighted by Crippen LogP contribution is 2.24. The van der Waals surface area contributed by atoms with Crippen molar-refractivity contribution in [3.63, 3.8) is 0 Å². The molecule has 2 aliphatic heterocycles. The lowest BCUT2D eigenvalue weighted by Gasteiger charge is -2.32. The molecule has 10 nitrogen and oxygen atoms in total. The van der Waals surface area contributed by atoms with E-state index in [1.165, 1.54) is 12.1 Å². The molecule has 1 aromatic heterocycles. The molecule has 0 spiro atoms. The van der Waals surface area contributed by atoms with Crippen molar-refractivity contribution in [1.29, 1.82) is 5.26 Å². The van der Waals surface area contributed by atoms with Gasteiger partial charge in [0.05, 0.1) is 37.3 Å². The Kier molecular flexibility index (Phi) is 9.79. The molecule has 3 aromatic rings. The van der Waals surface area contributed by atoms with Crippen molar-refractivity contribution in [2.75, 3.05) is 70.9 Å². The first-order valence-corrected chi connectivity index (χ1v) is 14.1. The number of likely N-dealkylation sites (tertiary alicyclic amines) is 1. The summed E-state index contributed by atoms with van der Waals surface area (Å²) in [7, 11) is 0. The number of benzene rings is 2. The molecule has 0 unspecified atom stereocenters. The number of rotatable bonds is 10. The van der Waals surface area contributed by atoms with E-state index in [9.17, 15) is 4.39 Å². The second-order valence-corrected chi connectivity index (χ2v) is 10.2. The van der Waals surface area contributed by atoms with Gasteiger partial charge in [-0.25, -0.2) is 9.37 Å². The number of piperidine rings is 1. The van der Waals surface area contributed by atoms with Gasteiger partial charge in [-0.1, -0.05) is 24.3 Å². The molecule has 40 heavy (non-hydrogen) atoms. The van der Waals surface area contributed by atoms with Crippen LogP contribution in [0, 0.1) is 17.3 Å². The molecule has 0 saturated carbocycles. The zero-order valence-electron chi connectivity index (χ0n) is 22.9. The predicted molar refractivity (Wildman–Crippen MR) is 155 cm³/mol. The van der Waals surface area contributed by atoms with Crippen LogP contribution in [-0.4, -0.2) is 96.9 Å². The molecule has 0 bridgehead atoms. The van der Waals surface area contributed by atoms with E-state index in [0.29, 0.717) is 25.1 Å². The van der Waals surface area contributed by atoms with Crippen LogP contribution in [0.25, 0.3) is 11.0 Å². The highest BCUT2D eigenvalue weighted by molar-refractivity contribution is 5.81. The van der Waals surface area contributed by atoms with Gasteiger partial charge in [0.2, 0.25) is 11.9 Å². The predicted octanol–water partition coefficient (Wildman–Crippen LogP) is 2.45. The van der Waals surface area contributed by atoms with Gasteiger partial charge in [0.25, 0.3) is 0 Å². The Morgan fingerprint density at radius 2 is 1.77 bits per heavy atom. The number of imidazole rings is 1. The maximum absolute atomic E-state index is 13.4. The number of guanidine groups is 1. The molecule has 11 heteroatoms. The number of halogens is 1. The van der Waals surface area contributed by atoms with Crippen molar-refractivity contribution >= 4 is 22.9 Å². The van der Waals surface area contributed by atoms with Crippen molar-refractivity contribution < 1.29 is 9.13 Å². The quantitative estimate of drug-likeness (QED) is 0.154. The summed E-state index contributed by atoms with van der Waals surface area (Å²) in [6.45, 7) is 9.09. The molecular weight excluding hydrogens is 509 g/mol. The fourth-order valence-corrected chi connectivity index (χ4v) is 5.25. The maximum atomic E-state index is 13.4. The van der Waals surface area contributed by atoms with E-state index >= 15 is 0 Å². The second kappa shape index (κ2) is 14.1. The maximum Gasteiger partial charge on any atom is 0.204 e. The number of anilines is 1. The molecule has 5 rings (SSSR count). The Balaban J connectivity index is 1.10. The normalized spacial score (nSPS) is 17.6. The number of para-hydroxylation sites is 2. The first-order chi connectivity index (χ1) is 19.7. The Morgan fingerprint density at radius 3 is 2.55 bits per heavy atom. The minimum absolute atomic E-state index is 0.229. The number of aliphatic imine (C=N–C) groups is 1. The van der Waals surface area contributed by atoms with Crippen molar-refractivity contribution in [3.8, 4) is 6.19 Å². The standard InChI is InChI=1S/C29H38FN9O/c30-24-7-5-23(6-8-24)21-39-27-4-2-1-3-26(27)36-29(39)35-25-9-13-37(14-10-25)15-11-32-28(34-22-31)33-12-16-38-17-19-40-20-18-38/h1-8,25H,9-21H2,(H,35,36)(H2,32,33,34). The van der Waals surface area contributed by atoms with E-state index in [1.54, 1.807) is 0 Å². The summed E-state index contributed by atoms with van der Waals surface area (Å²) in [6, 6.07) is 15.1. The first-order valence-electron chi connectivity index (χ1n) is 14.1. The number of morpholine rings is 1. The lowest BCUT2D eigenvalue weighted by atomic mass is 10.1. The third kappa shape index (κ3) is 7.69. The number of hydrogen-bond acceptors (Lipinski definition) is 7. The van der Waals surface area contributed by atoms with Crippen LogP contribution in [0.5, 0.6) is 0 Å². The number of nitrogens with zero attached hydrogens (tertiary/aromatic N) is 6. The number of nitrogens with one attached hydrogen (secondary N) is 3. The summed E-state index contributed by atoms with van der Waals surface area (Å²) in [5.74, 6) is 1.16. The highest BCUT2D eigenvalue weighted by Gasteiger charge is 2.21. The number of aromatic nitrogens is 2. The molecule has 2 aromatic carbocycles. The van der Waals surface area contributed by atoms with Gasteiger partial charge < -0.3 is 24.8 Å². The zero-order chi connectivity index (χ0) is 27.6. The average molecular weight is 548 g/mol. The second-order valence-electron chi connectivity index (χ2n) is 10.2. The summed E-state index contributed by atoms with van der Waals surface area (Å²) in [4.78, 5) is 14.2. The van der Waals surface area contributed by atoms with Crippen molar-refractivity contribution in [2.45, 2.75) is 25.4 Å². The molecular formula is C29H38FN9O. The zero-order valence-corrected chi connectivity index (χ0v) is 22.9. The van der Waals surface area contributed by atoms with Crippen LogP contribution < -0.4 is 16.0 Å². The van der Waals surface area contributed by atoms with Gasteiger partial charge >= 0.3 is 0 Å². The van der Waals surface area contributed by atoms with Gasteiger partial charge in [0, 0.05) is 51.9 Å². The third-order valence-corrected chi connectivity index (χ3v) is 7.51. The van der Waals surface area contributed by atoms with Gasteiger partial charge in [0.1, 0.15) is 5.82 Å². The van der Waals surface area contributed by atoms with Gasteiger partial charge in [0.15, 0.2) is 6.19 Å². The van der Waals surface area contributed by atoms with Crippen LogP contribution in [0.1, 0.15) is 18.4 Å². The van der Waals surface area contributed by atoms with Crippen molar-refractivity contribution in [2.24, 2.45) is 4.99 Å². The Bertz CT molecular complexity index is 1290. The SMILES string of the molecule is N#CNC(=NCCN1CCOCC1)NCCN1CCC(Nc2nc3ccccc3n2Cc2ccc(F)cc2)CC1. The Morgan fingerprint density at radius 1 is 1.02 bits per heavy atom. The first kappa shape index (κ1) is 27.8. The summed E-state index contributed by atoms with van der Waals surface area (Å²) in [5.41, 5.74) is 3.04. The monoisotopic (exact) mass is 547 g/mol. The van der Waals surface area contributed by atoms with Crippen LogP contribution in [0.3, 0.4) is 0 Å². The average Bonchev–Trinajstić information content (AvgIpc) is 3.32. The largest absolute Gasteiger partial charge is 0.379 e. The van der Waals surface area contributed by atoms with E-state index < -0.39 is 0 Å². The minimum Gasteiger partial charge on any atom is -0.379 e. The van der Waals surface area contributed by atoms with Crippen molar-refractivity contribution in [3.05, 3.63) is 59.9 Å². The van der Waals surface area contributed by atoms with Gasteiger partial charge in [-0.2, -0.15) is 5.26 Å². The summed E-state index contributed by atoms with van der Waals surface area (Å²) in [5, 5.41) is 18.7. The lowest BCUT2D eigenvalue weighted by Crippen LogP contribution is -2.44. The van der Waals surface area contributed by atoms with Crippen LogP contribution in [0.2, 0.25) is 0 Å². The summed E-state index contributed by atoms with van der Waals surface area (Å²) < 4.78 is 21.0. The molecule has 2 saturated heterocycles. The molecule has 0 atom stereocenters. The molecule has 0 radical (unpaired) electrons. The van der Waals surface area contributed by atoms with E-state index in [-0.39, 0.29) is 5.82 Å². The van der Waals surface area contributed by atoms with E-state index in [2.05, 4.69) is 41.4 Å². The smallest absolute Gasteiger partial charge is 0.204 e. The van der Waals surface area contributed by atoms with Crippen molar-refractivity contribution in [1.82, 2.24) is 30.0 Å². The van der Waals surface area contributed by atoms with Crippen LogP contribution >= 0.6 is 0 Å². The van der Waals surface area contributed by atoms with Gasteiger partial charge in [-0.05, 0) is 42.7 Å². The molecule has 2 aliphatic rings. The van der Waals surface area contributed by atoms with Crippen LogP contribution in [0.15, 0.2) is 53.5 Å². The number of hydrogen-bond donors (Lipinski definition) is 3. The molecule has 212 valence electrons. The lowest BCUT2D eigenvalue weighted by molar-refractivity contribution is 0.0394. The molecule has 2 fully saturated rings. The van der Waals surface area contributed by atoms with E-state index in [0.717, 1.165) is 94.4 Å². The third-order valence-electron chi connectivity index (χ3n) is 7.51. The van der Waals surface area contributed by atoms with E-state index in [4.69, 9.17) is 15.0 Å². The fourth-order valence-electron chi connectivity index (χ4n) is 5.25. The number of fused-ring (bicyclic) bond motifs is 1.